The standard InChI is InChI=1S/C34H25N3O/c1-34(2,37-29-14-8-6-12-24(29)25-13-7-9-15-30(25)37)23-16-17-28-26(20-23)31-27(33-35-18-19-36(28)33)21-38-32(31)22-10-4-3-5-11-22/h3-21H,1-2H3. The van der Waals surface area contributed by atoms with Gasteiger partial charge in [-0.05, 0) is 43.7 Å². The van der Waals surface area contributed by atoms with E-state index in [1.54, 1.807) is 0 Å². The van der Waals surface area contributed by atoms with Gasteiger partial charge in [-0.1, -0.05) is 72.8 Å². The Morgan fingerprint density at radius 3 is 2.11 bits per heavy atom. The number of furan rings is 1. The van der Waals surface area contributed by atoms with Crippen LogP contribution in [0.5, 0.6) is 0 Å². The minimum atomic E-state index is -0.316. The van der Waals surface area contributed by atoms with Crippen molar-refractivity contribution in [2.75, 3.05) is 0 Å². The highest BCUT2D eigenvalue weighted by atomic mass is 16.3. The molecule has 0 bridgehead atoms. The minimum Gasteiger partial charge on any atom is -0.463 e. The molecule has 4 nitrogen and oxygen atoms in total. The summed E-state index contributed by atoms with van der Waals surface area (Å²) in [4.78, 5) is 4.68. The zero-order valence-electron chi connectivity index (χ0n) is 21.2. The van der Waals surface area contributed by atoms with Crippen LogP contribution in [0.4, 0.5) is 0 Å². The molecule has 8 rings (SSSR count). The number of rotatable bonds is 3. The molecule has 182 valence electrons. The van der Waals surface area contributed by atoms with Crippen LogP contribution in [0.25, 0.3) is 60.5 Å². The maximum absolute atomic E-state index is 6.24. The lowest BCUT2D eigenvalue weighted by Crippen LogP contribution is -2.27. The summed E-state index contributed by atoms with van der Waals surface area (Å²) in [6.45, 7) is 4.63. The van der Waals surface area contributed by atoms with E-state index in [4.69, 9.17) is 4.42 Å². The van der Waals surface area contributed by atoms with E-state index in [2.05, 4.69) is 119 Å². The number of hydrogen-bond acceptors (Lipinski definition) is 2. The fourth-order valence-electron chi connectivity index (χ4n) is 6.27. The van der Waals surface area contributed by atoms with Crippen molar-refractivity contribution in [3.05, 3.63) is 121 Å². The van der Waals surface area contributed by atoms with Gasteiger partial charge in [0.05, 0.1) is 16.4 Å². The Morgan fingerprint density at radius 1 is 0.684 bits per heavy atom. The Bertz CT molecular complexity index is 2110. The lowest BCUT2D eigenvalue weighted by atomic mass is 9.91. The molecule has 8 aromatic rings. The van der Waals surface area contributed by atoms with Gasteiger partial charge in [-0.2, -0.15) is 0 Å². The minimum absolute atomic E-state index is 0.316. The monoisotopic (exact) mass is 491 g/mol. The van der Waals surface area contributed by atoms with Gasteiger partial charge >= 0.3 is 0 Å². The predicted molar refractivity (Wildman–Crippen MR) is 156 cm³/mol. The first-order valence-corrected chi connectivity index (χ1v) is 13.0. The molecule has 0 fully saturated rings. The molecule has 0 amide bonds. The molecular formula is C34H25N3O. The number of benzene rings is 4. The SMILES string of the molecule is CC(C)(c1ccc2c(c1)c1c(-c3ccccc3)occ1c1nccn21)n1c2ccccc2c2ccccc21. The lowest BCUT2D eigenvalue weighted by molar-refractivity contribution is 0.465. The molecule has 38 heavy (non-hydrogen) atoms. The van der Waals surface area contributed by atoms with Crippen molar-refractivity contribution in [2.45, 2.75) is 19.4 Å². The number of aromatic nitrogens is 3. The van der Waals surface area contributed by atoms with E-state index in [1.807, 2.05) is 24.7 Å². The van der Waals surface area contributed by atoms with E-state index in [0.29, 0.717) is 0 Å². The third-order valence-corrected chi connectivity index (χ3v) is 8.08. The van der Waals surface area contributed by atoms with Crippen LogP contribution in [0.3, 0.4) is 0 Å². The normalized spacial score (nSPS) is 12.5. The summed E-state index contributed by atoms with van der Waals surface area (Å²) < 4.78 is 10.9. The second-order valence-corrected chi connectivity index (χ2v) is 10.5. The van der Waals surface area contributed by atoms with Crippen molar-refractivity contribution in [1.82, 2.24) is 14.0 Å². The number of imidazole rings is 1. The molecule has 0 N–H and O–H groups in total. The summed E-state index contributed by atoms with van der Waals surface area (Å²) >= 11 is 0. The molecule has 0 saturated carbocycles. The Labute approximate surface area is 219 Å². The van der Waals surface area contributed by atoms with Crippen molar-refractivity contribution in [3.63, 3.8) is 0 Å². The lowest BCUT2D eigenvalue weighted by Gasteiger charge is -2.30. The topological polar surface area (TPSA) is 35.4 Å². The summed E-state index contributed by atoms with van der Waals surface area (Å²) in [6, 6.07) is 34.6. The third kappa shape index (κ3) is 2.77. The highest BCUT2D eigenvalue weighted by molar-refractivity contribution is 6.17. The zero-order chi connectivity index (χ0) is 25.4. The molecule has 0 radical (unpaired) electrons. The van der Waals surface area contributed by atoms with Crippen molar-refractivity contribution in [1.29, 1.82) is 0 Å². The van der Waals surface area contributed by atoms with Crippen molar-refractivity contribution >= 4 is 49.1 Å². The van der Waals surface area contributed by atoms with Crippen molar-refractivity contribution in [2.24, 2.45) is 0 Å². The van der Waals surface area contributed by atoms with Crippen LogP contribution in [0, 0.1) is 0 Å². The number of nitrogens with zero attached hydrogens (tertiary/aromatic N) is 3. The molecule has 4 aromatic heterocycles. The van der Waals surface area contributed by atoms with E-state index in [9.17, 15) is 0 Å². The third-order valence-electron chi connectivity index (χ3n) is 8.08. The molecule has 4 heterocycles. The van der Waals surface area contributed by atoms with Crippen LogP contribution in [0.1, 0.15) is 19.4 Å². The van der Waals surface area contributed by atoms with Gasteiger partial charge < -0.3 is 8.98 Å². The van der Waals surface area contributed by atoms with Crippen molar-refractivity contribution in [3.8, 4) is 11.3 Å². The van der Waals surface area contributed by atoms with E-state index < -0.39 is 0 Å². The first-order chi connectivity index (χ1) is 18.6. The van der Waals surface area contributed by atoms with E-state index in [-0.39, 0.29) is 5.54 Å². The molecule has 0 unspecified atom stereocenters. The molecular weight excluding hydrogens is 466 g/mol. The van der Waals surface area contributed by atoms with Crippen LogP contribution in [0.15, 0.2) is 120 Å². The summed E-state index contributed by atoms with van der Waals surface area (Å²) in [6.07, 6.45) is 5.74. The van der Waals surface area contributed by atoms with Crippen LogP contribution < -0.4 is 0 Å². The van der Waals surface area contributed by atoms with Gasteiger partial charge in [-0.25, -0.2) is 4.98 Å². The van der Waals surface area contributed by atoms with Gasteiger partial charge in [0.1, 0.15) is 17.7 Å². The maximum Gasteiger partial charge on any atom is 0.148 e. The molecule has 0 saturated heterocycles. The fraction of sp³-hybridized carbons (Fsp3) is 0.0882. The van der Waals surface area contributed by atoms with Gasteiger partial charge in [-0.3, -0.25) is 4.40 Å². The molecule has 4 heteroatoms. The number of pyridine rings is 1. The average molecular weight is 492 g/mol. The van der Waals surface area contributed by atoms with Gasteiger partial charge in [0.15, 0.2) is 0 Å². The second-order valence-electron chi connectivity index (χ2n) is 10.5. The highest BCUT2D eigenvalue weighted by Gasteiger charge is 2.28. The Kier molecular flexibility index (Phi) is 4.25. The molecule has 0 spiro atoms. The quantitative estimate of drug-likeness (QED) is 0.248. The fourth-order valence-corrected chi connectivity index (χ4v) is 6.27. The van der Waals surface area contributed by atoms with Gasteiger partial charge in [0, 0.05) is 50.5 Å². The van der Waals surface area contributed by atoms with E-state index in [1.165, 1.54) is 27.4 Å². The smallest absolute Gasteiger partial charge is 0.148 e. The van der Waals surface area contributed by atoms with Crippen LogP contribution >= 0.6 is 0 Å². The Balaban J connectivity index is 1.46. The molecule has 0 atom stereocenters. The second kappa shape index (κ2) is 7.59. The Hall–Kier alpha value is -4.83. The highest BCUT2D eigenvalue weighted by Crippen LogP contribution is 2.42. The van der Waals surface area contributed by atoms with Crippen LogP contribution in [0.2, 0.25) is 0 Å². The summed E-state index contributed by atoms with van der Waals surface area (Å²) in [5.74, 6) is 0.878. The number of para-hydroxylation sites is 2. The van der Waals surface area contributed by atoms with Crippen LogP contribution in [-0.4, -0.2) is 14.0 Å². The van der Waals surface area contributed by atoms with E-state index in [0.717, 1.165) is 38.6 Å². The van der Waals surface area contributed by atoms with Gasteiger partial charge in [0.25, 0.3) is 0 Å². The van der Waals surface area contributed by atoms with Crippen molar-refractivity contribution < 1.29 is 4.42 Å². The van der Waals surface area contributed by atoms with Gasteiger partial charge in [-0.15, -0.1) is 0 Å². The first-order valence-electron chi connectivity index (χ1n) is 13.0. The predicted octanol–water partition coefficient (Wildman–Crippen LogP) is 8.79. The summed E-state index contributed by atoms with van der Waals surface area (Å²) in [5, 5.41) is 5.84. The summed E-state index contributed by atoms with van der Waals surface area (Å²) in [5.41, 5.74) is 6.48. The Morgan fingerprint density at radius 2 is 1.37 bits per heavy atom. The van der Waals surface area contributed by atoms with Crippen LogP contribution in [-0.2, 0) is 5.54 Å². The maximum atomic E-state index is 6.24. The molecule has 0 aliphatic carbocycles. The van der Waals surface area contributed by atoms with E-state index >= 15 is 0 Å². The first kappa shape index (κ1) is 21.3. The molecule has 0 aliphatic heterocycles. The van der Waals surface area contributed by atoms with Gasteiger partial charge in [0.2, 0.25) is 0 Å². The largest absolute Gasteiger partial charge is 0.463 e. The number of fused-ring (bicyclic) bond motifs is 9. The number of hydrogen-bond donors (Lipinski definition) is 0. The summed E-state index contributed by atoms with van der Waals surface area (Å²) in [7, 11) is 0. The molecule has 4 aromatic carbocycles. The average Bonchev–Trinajstić information content (AvgIpc) is 3.69. The zero-order valence-corrected chi connectivity index (χ0v) is 21.2. The molecule has 0 aliphatic rings.